The zero-order chi connectivity index (χ0) is 24.0. The van der Waals surface area contributed by atoms with Crippen LogP contribution in [0.3, 0.4) is 0 Å². The highest BCUT2D eigenvalue weighted by molar-refractivity contribution is 7.98. The van der Waals surface area contributed by atoms with Crippen LogP contribution in [0.5, 0.6) is 0 Å². The summed E-state index contributed by atoms with van der Waals surface area (Å²) in [5.74, 6) is -1.53. The maximum absolute atomic E-state index is 13.4. The van der Waals surface area contributed by atoms with Crippen LogP contribution in [0.2, 0.25) is 0 Å². The number of nitrogens with two attached hydrogens (primary N) is 1. The van der Waals surface area contributed by atoms with E-state index in [4.69, 9.17) is 5.73 Å². The minimum Gasteiger partial charge on any atom is -0.480 e. The van der Waals surface area contributed by atoms with Crippen molar-refractivity contribution in [3.05, 3.63) is 18.2 Å². The molecule has 3 amide bonds. The third-order valence-corrected chi connectivity index (χ3v) is 6.84. The number of carboxylic acids is 1. The molecule has 0 saturated carbocycles. The van der Waals surface area contributed by atoms with Gasteiger partial charge in [-0.15, -0.1) is 0 Å². The van der Waals surface area contributed by atoms with Crippen LogP contribution >= 0.6 is 11.8 Å². The van der Waals surface area contributed by atoms with Gasteiger partial charge < -0.3 is 30.9 Å². The Hall–Kier alpha value is -2.60. The molecule has 2 aliphatic heterocycles. The molecule has 1 aromatic rings. The molecule has 11 nitrogen and oxygen atoms in total. The van der Waals surface area contributed by atoms with Gasteiger partial charge in [-0.2, -0.15) is 11.8 Å². The number of nitrogens with one attached hydrogen (secondary N) is 2. The summed E-state index contributed by atoms with van der Waals surface area (Å²) in [6.07, 6.45) is 7.89. The van der Waals surface area contributed by atoms with E-state index in [0.717, 1.165) is 5.69 Å². The van der Waals surface area contributed by atoms with Gasteiger partial charge in [-0.3, -0.25) is 14.4 Å². The summed E-state index contributed by atoms with van der Waals surface area (Å²) < 4.78 is 0. The van der Waals surface area contributed by atoms with Crippen molar-refractivity contribution in [2.45, 2.75) is 62.7 Å². The number of imidazole rings is 1. The van der Waals surface area contributed by atoms with E-state index >= 15 is 0 Å². The maximum Gasteiger partial charge on any atom is 0.326 e. The molecule has 0 aromatic carbocycles. The quantitative estimate of drug-likeness (QED) is 0.351. The molecular formula is C21H32N6O5S. The summed E-state index contributed by atoms with van der Waals surface area (Å²) >= 11 is 1.50. The molecule has 0 spiro atoms. The third kappa shape index (κ3) is 6.05. The average Bonchev–Trinajstić information content (AvgIpc) is 3.56. The number of aliphatic carboxylic acids is 1. The summed E-state index contributed by atoms with van der Waals surface area (Å²) in [7, 11) is 0. The number of carbonyl (C=O) groups excluding carboxylic acids is 3. The highest BCUT2D eigenvalue weighted by Gasteiger charge is 2.43. The number of hydrogen-bond acceptors (Lipinski definition) is 7. The Kier molecular flexibility index (Phi) is 8.73. The summed E-state index contributed by atoms with van der Waals surface area (Å²) in [5.41, 5.74) is 6.86. The Balaban J connectivity index is 1.64. The third-order valence-electron chi connectivity index (χ3n) is 6.20. The molecule has 3 heterocycles. The number of aromatic amines is 1. The minimum atomic E-state index is -1.09. The molecule has 12 heteroatoms. The average molecular weight is 481 g/mol. The number of H-pyrrole nitrogens is 1. The van der Waals surface area contributed by atoms with Crippen LogP contribution in [0.25, 0.3) is 0 Å². The number of thioether (sulfide) groups is 1. The first kappa shape index (κ1) is 25.0. The van der Waals surface area contributed by atoms with Crippen LogP contribution in [-0.4, -0.2) is 97.8 Å². The Morgan fingerprint density at radius 3 is 2.58 bits per heavy atom. The number of carbonyl (C=O) groups is 4. The highest BCUT2D eigenvalue weighted by atomic mass is 32.2. The molecule has 33 heavy (non-hydrogen) atoms. The van der Waals surface area contributed by atoms with Gasteiger partial charge in [0.1, 0.15) is 18.1 Å². The Bertz CT molecular complexity index is 850. The SMILES string of the molecule is CSCCC(NC(=O)C1CCCN1C(=O)C1CCCN1C(=O)C(N)Cc1cnc[nH]1)C(=O)O. The van der Waals surface area contributed by atoms with Gasteiger partial charge >= 0.3 is 5.97 Å². The molecule has 2 saturated heterocycles. The Morgan fingerprint density at radius 2 is 1.94 bits per heavy atom. The summed E-state index contributed by atoms with van der Waals surface area (Å²) in [4.78, 5) is 60.6. The number of rotatable bonds is 10. The molecule has 5 N–H and O–H groups in total. The molecule has 0 bridgehead atoms. The second-order valence-electron chi connectivity index (χ2n) is 8.45. The van der Waals surface area contributed by atoms with Crippen LogP contribution in [0, 0.1) is 0 Å². The number of aromatic nitrogens is 2. The zero-order valence-corrected chi connectivity index (χ0v) is 19.6. The number of nitrogens with zero attached hydrogens (tertiary/aromatic N) is 3. The van der Waals surface area contributed by atoms with Gasteiger partial charge in [0.2, 0.25) is 17.7 Å². The first-order chi connectivity index (χ1) is 15.8. The number of carboxylic acid groups (broad SMARTS) is 1. The van der Waals surface area contributed by atoms with Crippen molar-refractivity contribution in [1.29, 1.82) is 0 Å². The summed E-state index contributed by atoms with van der Waals surface area (Å²) in [6.45, 7) is 0.838. The summed E-state index contributed by atoms with van der Waals surface area (Å²) in [5, 5.41) is 12.0. The fourth-order valence-electron chi connectivity index (χ4n) is 4.48. The molecule has 3 rings (SSSR count). The first-order valence-electron chi connectivity index (χ1n) is 11.2. The largest absolute Gasteiger partial charge is 0.480 e. The predicted octanol–water partition coefficient (Wildman–Crippen LogP) is -0.416. The molecule has 4 atom stereocenters. The highest BCUT2D eigenvalue weighted by Crippen LogP contribution is 2.26. The smallest absolute Gasteiger partial charge is 0.326 e. The van der Waals surface area contributed by atoms with E-state index in [1.165, 1.54) is 27.9 Å². The molecule has 182 valence electrons. The Morgan fingerprint density at radius 1 is 1.24 bits per heavy atom. The zero-order valence-electron chi connectivity index (χ0n) is 18.7. The van der Waals surface area contributed by atoms with Gasteiger partial charge in [0.15, 0.2) is 0 Å². The van der Waals surface area contributed by atoms with Crippen LogP contribution in [0.4, 0.5) is 0 Å². The molecule has 2 aliphatic rings. The van der Waals surface area contributed by atoms with E-state index in [0.29, 0.717) is 50.9 Å². The van der Waals surface area contributed by atoms with Crippen molar-refractivity contribution in [1.82, 2.24) is 25.1 Å². The van der Waals surface area contributed by atoms with E-state index in [2.05, 4.69) is 15.3 Å². The van der Waals surface area contributed by atoms with Gasteiger partial charge in [0.05, 0.1) is 12.4 Å². The van der Waals surface area contributed by atoms with Gasteiger partial charge in [-0.25, -0.2) is 9.78 Å². The van der Waals surface area contributed by atoms with Gasteiger partial charge in [0.25, 0.3) is 0 Å². The van der Waals surface area contributed by atoms with E-state index in [-0.39, 0.29) is 18.2 Å². The van der Waals surface area contributed by atoms with E-state index in [9.17, 15) is 24.3 Å². The lowest BCUT2D eigenvalue weighted by Crippen LogP contribution is -2.56. The fourth-order valence-corrected chi connectivity index (χ4v) is 4.95. The van der Waals surface area contributed by atoms with Gasteiger partial charge in [-0.1, -0.05) is 0 Å². The molecule has 2 fully saturated rings. The van der Waals surface area contributed by atoms with Crippen LogP contribution < -0.4 is 11.1 Å². The van der Waals surface area contributed by atoms with Crippen molar-refractivity contribution in [2.24, 2.45) is 5.73 Å². The second-order valence-corrected chi connectivity index (χ2v) is 9.43. The minimum absolute atomic E-state index is 0.275. The normalized spacial score (nSPS) is 22.2. The fraction of sp³-hybridized carbons (Fsp3) is 0.667. The van der Waals surface area contributed by atoms with Gasteiger partial charge in [0, 0.05) is 31.4 Å². The van der Waals surface area contributed by atoms with Gasteiger partial charge in [-0.05, 0) is 44.1 Å². The standard InChI is InChI=1S/C21H32N6O5S/c1-33-9-6-15(21(31)32)25-18(28)16-4-2-7-26(16)20(30)17-5-3-8-27(17)19(29)14(22)10-13-11-23-12-24-13/h11-12,14-17H,2-10,22H2,1H3,(H,23,24)(H,25,28)(H,31,32). The van der Waals surface area contributed by atoms with Crippen LogP contribution in [-0.2, 0) is 25.6 Å². The van der Waals surface area contributed by atoms with Crippen molar-refractivity contribution >= 4 is 35.5 Å². The number of hydrogen-bond donors (Lipinski definition) is 4. The van der Waals surface area contributed by atoms with E-state index in [1.807, 2.05) is 6.26 Å². The lowest BCUT2D eigenvalue weighted by molar-refractivity contribution is -0.148. The number of likely N-dealkylation sites (tertiary alicyclic amines) is 2. The molecule has 1 aromatic heterocycles. The molecular weight excluding hydrogens is 448 g/mol. The van der Waals surface area contributed by atoms with Crippen molar-refractivity contribution < 1.29 is 24.3 Å². The molecule has 0 radical (unpaired) electrons. The first-order valence-corrected chi connectivity index (χ1v) is 12.6. The van der Waals surface area contributed by atoms with Crippen molar-refractivity contribution in [3.8, 4) is 0 Å². The molecule has 0 aliphatic carbocycles. The Labute approximate surface area is 196 Å². The lowest BCUT2D eigenvalue weighted by atomic mass is 10.1. The van der Waals surface area contributed by atoms with Crippen molar-refractivity contribution in [2.75, 3.05) is 25.1 Å². The van der Waals surface area contributed by atoms with E-state index in [1.54, 1.807) is 6.20 Å². The number of amides is 3. The second kappa shape index (κ2) is 11.5. The topological polar surface area (TPSA) is 162 Å². The maximum atomic E-state index is 13.4. The van der Waals surface area contributed by atoms with E-state index < -0.39 is 36.0 Å². The summed E-state index contributed by atoms with van der Waals surface area (Å²) in [6, 6.07) is -3.19. The van der Waals surface area contributed by atoms with Crippen LogP contribution in [0.1, 0.15) is 37.8 Å². The van der Waals surface area contributed by atoms with Crippen LogP contribution in [0.15, 0.2) is 12.5 Å². The predicted molar refractivity (Wildman–Crippen MR) is 122 cm³/mol. The lowest BCUT2D eigenvalue weighted by Gasteiger charge is -2.32. The molecule has 4 unspecified atom stereocenters. The monoisotopic (exact) mass is 480 g/mol. The van der Waals surface area contributed by atoms with Crippen molar-refractivity contribution in [3.63, 3.8) is 0 Å².